The number of carbonyl (C=O) groups excluding carboxylic acids is 1. The second-order valence-electron chi connectivity index (χ2n) is 5.16. The van der Waals surface area contributed by atoms with Crippen molar-refractivity contribution >= 4 is 18.5 Å². The largest absolute Gasteiger partial charge is 0.336 e. The topological polar surface area (TPSA) is 20.3 Å². The Morgan fingerprint density at radius 3 is 2.67 bits per heavy atom. The molecule has 1 amide bonds. The Balaban J connectivity index is 2.18. The van der Waals surface area contributed by atoms with Crippen LogP contribution in [0.4, 0.5) is 4.39 Å². The van der Waals surface area contributed by atoms with Crippen molar-refractivity contribution in [3.8, 4) is 0 Å². The summed E-state index contributed by atoms with van der Waals surface area (Å²) >= 11 is 4.02. The first-order valence-corrected chi connectivity index (χ1v) is 6.73. The van der Waals surface area contributed by atoms with Gasteiger partial charge in [0, 0.05) is 23.0 Å². The number of carbonyl (C=O) groups is 1. The van der Waals surface area contributed by atoms with Gasteiger partial charge in [-0.2, -0.15) is 0 Å². The van der Waals surface area contributed by atoms with Crippen molar-refractivity contribution in [1.82, 2.24) is 4.90 Å². The Morgan fingerprint density at radius 1 is 1.50 bits per heavy atom. The Morgan fingerprint density at radius 2 is 2.17 bits per heavy atom. The fourth-order valence-corrected chi connectivity index (χ4v) is 2.13. The van der Waals surface area contributed by atoms with Crippen molar-refractivity contribution < 1.29 is 9.18 Å². The van der Waals surface area contributed by atoms with Crippen LogP contribution in [0, 0.1) is 11.7 Å². The van der Waals surface area contributed by atoms with Gasteiger partial charge in [0.2, 0.25) is 0 Å². The highest BCUT2D eigenvalue weighted by atomic mass is 32.1. The number of rotatable bonds is 4. The number of benzene rings is 1. The predicted molar refractivity (Wildman–Crippen MR) is 72.5 cm³/mol. The van der Waals surface area contributed by atoms with E-state index >= 15 is 0 Å². The number of thiol groups is 1. The van der Waals surface area contributed by atoms with Crippen molar-refractivity contribution in [2.75, 3.05) is 6.54 Å². The third-order valence-corrected chi connectivity index (χ3v) is 3.57. The quantitative estimate of drug-likeness (QED) is 0.829. The fourth-order valence-electron chi connectivity index (χ4n) is 1.92. The minimum Gasteiger partial charge on any atom is -0.336 e. The van der Waals surface area contributed by atoms with Crippen molar-refractivity contribution in [3.05, 3.63) is 29.6 Å². The Labute approximate surface area is 113 Å². The lowest BCUT2D eigenvalue weighted by molar-refractivity contribution is 0.0696. The summed E-state index contributed by atoms with van der Waals surface area (Å²) < 4.78 is 13.1. The Bertz CT molecular complexity index is 457. The summed E-state index contributed by atoms with van der Waals surface area (Å²) in [5, 5.41) is 0. The molecule has 1 aromatic rings. The highest BCUT2D eigenvalue weighted by molar-refractivity contribution is 7.80. The normalized spacial score (nSPS) is 14.9. The predicted octanol–water partition coefficient (Wildman–Crippen LogP) is 3.38. The SMILES string of the molecule is CC(C)N(CC1CC1)C(=O)c1ccc(F)c(S)c1. The van der Waals surface area contributed by atoms with E-state index in [1.807, 2.05) is 18.7 Å². The van der Waals surface area contributed by atoms with Gasteiger partial charge in [0.15, 0.2) is 0 Å². The molecule has 0 spiro atoms. The summed E-state index contributed by atoms with van der Waals surface area (Å²) in [5.74, 6) is 0.215. The smallest absolute Gasteiger partial charge is 0.254 e. The molecule has 0 bridgehead atoms. The number of amides is 1. The molecular formula is C14H18FNOS. The van der Waals surface area contributed by atoms with Gasteiger partial charge in [-0.05, 0) is 50.8 Å². The molecule has 2 nitrogen and oxygen atoms in total. The van der Waals surface area contributed by atoms with Gasteiger partial charge in [-0.15, -0.1) is 12.6 Å². The van der Waals surface area contributed by atoms with E-state index in [1.165, 1.54) is 31.0 Å². The molecule has 0 unspecified atom stereocenters. The molecule has 98 valence electrons. The third kappa shape index (κ3) is 3.05. The minimum atomic E-state index is -0.395. The zero-order chi connectivity index (χ0) is 13.3. The van der Waals surface area contributed by atoms with Crippen LogP contribution in [0.5, 0.6) is 0 Å². The number of hydrogen-bond donors (Lipinski definition) is 1. The summed E-state index contributed by atoms with van der Waals surface area (Å²) in [6.07, 6.45) is 2.41. The maximum atomic E-state index is 13.1. The first-order chi connectivity index (χ1) is 8.49. The van der Waals surface area contributed by atoms with Crippen molar-refractivity contribution in [3.63, 3.8) is 0 Å². The van der Waals surface area contributed by atoms with Crippen molar-refractivity contribution in [1.29, 1.82) is 0 Å². The molecule has 0 aliphatic heterocycles. The monoisotopic (exact) mass is 267 g/mol. The lowest BCUT2D eigenvalue weighted by atomic mass is 10.1. The molecule has 1 aliphatic carbocycles. The van der Waals surface area contributed by atoms with Crippen LogP contribution in [-0.4, -0.2) is 23.4 Å². The van der Waals surface area contributed by atoms with Gasteiger partial charge in [0.1, 0.15) is 5.82 Å². The average Bonchev–Trinajstić information content (AvgIpc) is 3.12. The third-order valence-electron chi connectivity index (χ3n) is 3.23. The van der Waals surface area contributed by atoms with Crippen LogP contribution >= 0.6 is 12.6 Å². The molecule has 0 saturated heterocycles. The van der Waals surface area contributed by atoms with Gasteiger partial charge >= 0.3 is 0 Å². The van der Waals surface area contributed by atoms with Crippen LogP contribution in [0.3, 0.4) is 0 Å². The van der Waals surface area contributed by atoms with E-state index in [9.17, 15) is 9.18 Å². The summed E-state index contributed by atoms with van der Waals surface area (Å²) in [7, 11) is 0. The average molecular weight is 267 g/mol. The Hall–Kier alpha value is -1.03. The molecule has 0 N–H and O–H groups in total. The molecular weight excluding hydrogens is 249 g/mol. The second-order valence-corrected chi connectivity index (χ2v) is 5.64. The molecule has 1 fully saturated rings. The zero-order valence-electron chi connectivity index (χ0n) is 10.7. The molecule has 0 aromatic heterocycles. The van der Waals surface area contributed by atoms with Crippen LogP contribution in [-0.2, 0) is 0 Å². The molecule has 18 heavy (non-hydrogen) atoms. The lowest BCUT2D eigenvalue weighted by Gasteiger charge is -2.27. The van der Waals surface area contributed by atoms with Crippen LogP contribution in [0.2, 0.25) is 0 Å². The standard InChI is InChI=1S/C14H18FNOS/c1-9(2)16(8-10-3-4-10)14(17)11-5-6-12(15)13(18)7-11/h5-7,9-10,18H,3-4,8H2,1-2H3. The summed E-state index contributed by atoms with van der Waals surface area (Å²) in [4.78, 5) is 14.5. The molecule has 0 radical (unpaired) electrons. The first kappa shape index (κ1) is 13.4. The molecule has 0 heterocycles. The van der Waals surface area contributed by atoms with Crippen LogP contribution < -0.4 is 0 Å². The van der Waals surface area contributed by atoms with Gasteiger partial charge in [-0.1, -0.05) is 0 Å². The minimum absolute atomic E-state index is 0.0350. The number of nitrogens with zero attached hydrogens (tertiary/aromatic N) is 1. The number of hydrogen-bond acceptors (Lipinski definition) is 2. The molecule has 0 atom stereocenters. The summed E-state index contributed by atoms with van der Waals surface area (Å²) in [6, 6.07) is 4.49. The van der Waals surface area contributed by atoms with Crippen molar-refractivity contribution in [2.24, 2.45) is 5.92 Å². The van der Waals surface area contributed by atoms with E-state index in [-0.39, 0.29) is 16.8 Å². The summed E-state index contributed by atoms with van der Waals surface area (Å²) in [6.45, 7) is 4.81. The van der Waals surface area contributed by atoms with Gasteiger partial charge < -0.3 is 4.90 Å². The highest BCUT2D eigenvalue weighted by Crippen LogP contribution is 2.31. The van der Waals surface area contributed by atoms with E-state index in [0.29, 0.717) is 11.5 Å². The van der Waals surface area contributed by atoms with Crippen LogP contribution in [0.25, 0.3) is 0 Å². The highest BCUT2D eigenvalue weighted by Gasteiger charge is 2.28. The maximum absolute atomic E-state index is 13.1. The maximum Gasteiger partial charge on any atom is 0.254 e. The van der Waals surface area contributed by atoms with E-state index < -0.39 is 5.82 Å². The van der Waals surface area contributed by atoms with Gasteiger partial charge in [0.05, 0.1) is 0 Å². The molecule has 2 rings (SSSR count). The van der Waals surface area contributed by atoms with Crippen molar-refractivity contribution in [2.45, 2.75) is 37.6 Å². The second kappa shape index (κ2) is 5.31. The molecule has 1 aromatic carbocycles. The Kier molecular flexibility index (Phi) is 3.95. The van der Waals surface area contributed by atoms with E-state index in [2.05, 4.69) is 12.6 Å². The van der Waals surface area contributed by atoms with Gasteiger partial charge in [-0.25, -0.2) is 4.39 Å². The fraction of sp³-hybridized carbons (Fsp3) is 0.500. The van der Waals surface area contributed by atoms with E-state index in [0.717, 1.165) is 6.54 Å². The first-order valence-electron chi connectivity index (χ1n) is 6.28. The lowest BCUT2D eigenvalue weighted by Crippen LogP contribution is -2.38. The van der Waals surface area contributed by atoms with E-state index in [4.69, 9.17) is 0 Å². The summed E-state index contributed by atoms with van der Waals surface area (Å²) in [5.41, 5.74) is 0.510. The molecule has 1 aliphatic rings. The van der Waals surface area contributed by atoms with Crippen LogP contribution in [0.15, 0.2) is 23.1 Å². The van der Waals surface area contributed by atoms with E-state index in [1.54, 1.807) is 0 Å². The zero-order valence-corrected chi connectivity index (χ0v) is 11.6. The van der Waals surface area contributed by atoms with Gasteiger partial charge in [0.25, 0.3) is 5.91 Å². The molecule has 1 saturated carbocycles. The molecule has 4 heteroatoms. The van der Waals surface area contributed by atoms with Crippen LogP contribution in [0.1, 0.15) is 37.0 Å². The van der Waals surface area contributed by atoms with Gasteiger partial charge in [-0.3, -0.25) is 4.79 Å². The number of halogens is 1.